The maximum absolute atomic E-state index is 12.3. The smallest absolute Gasteiger partial charge is 0.407 e. The molecule has 3 aromatic carbocycles. The predicted octanol–water partition coefficient (Wildman–Crippen LogP) is 5.38. The highest BCUT2D eigenvalue weighted by molar-refractivity contribution is 5.67. The van der Waals surface area contributed by atoms with Crippen LogP contribution in [-0.4, -0.2) is 17.7 Å². The molecule has 0 aromatic heterocycles. The molecule has 3 rings (SSSR count). The van der Waals surface area contributed by atoms with Crippen LogP contribution in [0.15, 0.2) is 66.7 Å². The van der Waals surface area contributed by atoms with Crippen LogP contribution >= 0.6 is 0 Å². The van der Waals surface area contributed by atoms with Crippen LogP contribution in [0.3, 0.4) is 0 Å². The molecule has 150 valence electrons. The Morgan fingerprint density at radius 3 is 2.24 bits per heavy atom. The summed E-state index contributed by atoms with van der Waals surface area (Å²) in [5, 5.41) is 13.7. The minimum absolute atomic E-state index is 0.181. The Kier molecular flexibility index (Phi) is 6.55. The van der Waals surface area contributed by atoms with E-state index < -0.39 is 6.09 Å². The molecule has 0 aliphatic carbocycles. The Morgan fingerprint density at radius 2 is 1.59 bits per heavy atom. The maximum atomic E-state index is 12.3. The van der Waals surface area contributed by atoms with Gasteiger partial charge in [-0.1, -0.05) is 66.7 Å². The number of carbonyl (C=O) groups excluding carboxylic acids is 1. The molecular formula is C25H27NO3. The van der Waals surface area contributed by atoms with E-state index in [1.165, 1.54) is 0 Å². The van der Waals surface area contributed by atoms with Gasteiger partial charge >= 0.3 is 6.09 Å². The van der Waals surface area contributed by atoms with E-state index in [0.717, 1.165) is 33.4 Å². The van der Waals surface area contributed by atoms with E-state index in [1.807, 2.05) is 81.4 Å². The number of hydrogen-bond donors (Lipinski definition) is 2. The molecule has 0 aliphatic rings. The van der Waals surface area contributed by atoms with Crippen LogP contribution in [0.25, 0.3) is 0 Å². The number of hydrogen-bond acceptors (Lipinski definition) is 3. The van der Waals surface area contributed by atoms with Crippen LogP contribution < -0.4 is 5.32 Å². The number of phenols is 1. The third kappa shape index (κ3) is 4.96. The molecule has 0 radical (unpaired) electrons. The van der Waals surface area contributed by atoms with Crippen LogP contribution in [-0.2, 0) is 11.3 Å². The average molecular weight is 389 g/mol. The fourth-order valence-corrected chi connectivity index (χ4v) is 3.56. The zero-order valence-electron chi connectivity index (χ0n) is 17.1. The van der Waals surface area contributed by atoms with Crippen LogP contribution in [0.5, 0.6) is 5.75 Å². The van der Waals surface area contributed by atoms with Gasteiger partial charge in [-0.3, -0.25) is 0 Å². The van der Waals surface area contributed by atoms with Gasteiger partial charge in [-0.05, 0) is 48.6 Å². The lowest BCUT2D eigenvalue weighted by Gasteiger charge is -2.23. The van der Waals surface area contributed by atoms with Gasteiger partial charge in [-0.2, -0.15) is 0 Å². The highest BCUT2D eigenvalue weighted by Gasteiger charge is 2.23. The van der Waals surface area contributed by atoms with Crippen molar-refractivity contribution < 1.29 is 14.6 Å². The predicted molar refractivity (Wildman–Crippen MR) is 115 cm³/mol. The molecule has 3 aromatic rings. The molecule has 0 unspecified atom stereocenters. The first-order valence-electron chi connectivity index (χ1n) is 9.76. The highest BCUT2D eigenvalue weighted by Crippen LogP contribution is 2.37. The quantitative estimate of drug-likeness (QED) is 0.595. The van der Waals surface area contributed by atoms with Crippen molar-refractivity contribution in [3.63, 3.8) is 0 Å². The first kappa shape index (κ1) is 20.5. The minimum atomic E-state index is -0.476. The molecule has 4 heteroatoms. The molecule has 0 saturated heterocycles. The number of phenolic OH excluding ortho intramolecular Hbond substituents is 1. The number of alkyl carbamates (subject to hydrolysis) is 1. The molecule has 2 N–H and O–H groups in total. The molecule has 0 bridgehead atoms. The molecule has 4 nitrogen and oxygen atoms in total. The van der Waals surface area contributed by atoms with E-state index in [-0.39, 0.29) is 18.3 Å². The summed E-state index contributed by atoms with van der Waals surface area (Å²) >= 11 is 0. The Balaban J connectivity index is 1.79. The highest BCUT2D eigenvalue weighted by atomic mass is 16.5. The number of ether oxygens (including phenoxy) is 1. The molecular weight excluding hydrogens is 362 g/mol. The van der Waals surface area contributed by atoms with Crippen molar-refractivity contribution in [2.75, 3.05) is 6.54 Å². The number of aryl methyl sites for hydroxylation is 2. The monoisotopic (exact) mass is 389 g/mol. The Morgan fingerprint density at radius 1 is 0.966 bits per heavy atom. The van der Waals surface area contributed by atoms with Crippen molar-refractivity contribution >= 4 is 6.09 Å². The van der Waals surface area contributed by atoms with Gasteiger partial charge in [0.05, 0.1) is 0 Å². The molecule has 1 atom stereocenters. The Labute approximate surface area is 172 Å². The lowest BCUT2D eigenvalue weighted by atomic mass is 9.85. The van der Waals surface area contributed by atoms with Crippen molar-refractivity contribution in [3.05, 3.63) is 100 Å². The van der Waals surface area contributed by atoms with E-state index in [4.69, 9.17) is 4.74 Å². The summed E-state index contributed by atoms with van der Waals surface area (Å²) in [6.45, 7) is 6.44. The SMILES string of the molecule is Cc1cc(C)c([C@@H](CNC(=O)OCc2ccccc2)c2ccccc2)c(O)c1C. The molecule has 0 saturated carbocycles. The number of aromatic hydroxyl groups is 1. The summed E-state index contributed by atoms with van der Waals surface area (Å²) in [4.78, 5) is 12.3. The first-order chi connectivity index (χ1) is 14.0. The van der Waals surface area contributed by atoms with Gasteiger partial charge in [-0.15, -0.1) is 0 Å². The second kappa shape index (κ2) is 9.28. The number of nitrogens with one attached hydrogen (secondary N) is 1. The van der Waals surface area contributed by atoms with Crippen LogP contribution in [0.4, 0.5) is 4.79 Å². The van der Waals surface area contributed by atoms with Gasteiger partial charge in [0.2, 0.25) is 0 Å². The number of amides is 1. The van der Waals surface area contributed by atoms with Crippen molar-refractivity contribution in [1.82, 2.24) is 5.32 Å². The van der Waals surface area contributed by atoms with E-state index in [9.17, 15) is 9.90 Å². The maximum Gasteiger partial charge on any atom is 0.407 e. The number of rotatable bonds is 6. The van der Waals surface area contributed by atoms with Gasteiger partial charge in [-0.25, -0.2) is 4.79 Å². The van der Waals surface area contributed by atoms with Crippen molar-refractivity contribution in [2.45, 2.75) is 33.3 Å². The summed E-state index contributed by atoms with van der Waals surface area (Å²) in [5.74, 6) is 0.107. The Hall–Kier alpha value is -3.27. The number of benzene rings is 3. The lowest BCUT2D eigenvalue weighted by molar-refractivity contribution is 0.139. The molecule has 29 heavy (non-hydrogen) atoms. The van der Waals surface area contributed by atoms with E-state index in [2.05, 4.69) is 11.4 Å². The fourth-order valence-electron chi connectivity index (χ4n) is 3.56. The number of carbonyl (C=O) groups is 1. The minimum Gasteiger partial charge on any atom is -0.507 e. The summed E-state index contributed by atoms with van der Waals surface area (Å²) in [5.41, 5.74) is 5.70. The van der Waals surface area contributed by atoms with Gasteiger partial charge in [0.15, 0.2) is 0 Å². The molecule has 0 heterocycles. The first-order valence-corrected chi connectivity index (χ1v) is 9.76. The molecule has 0 aliphatic heterocycles. The van der Waals surface area contributed by atoms with Gasteiger partial charge in [0.1, 0.15) is 12.4 Å². The van der Waals surface area contributed by atoms with E-state index in [0.29, 0.717) is 6.54 Å². The second-order valence-electron chi connectivity index (χ2n) is 7.30. The zero-order valence-corrected chi connectivity index (χ0v) is 17.1. The van der Waals surface area contributed by atoms with Crippen LogP contribution in [0.2, 0.25) is 0 Å². The Bertz CT molecular complexity index is 968. The molecule has 0 fully saturated rings. The lowest BCUT2D eigenvalue weighted by Crippen LogP contribution is -2.29. The second-order valence-corrected chi connectivity index (χ2v) is 7.30. The fraction of sp³-hybridized carbons (Fsp3) is 0.240. The summed E-state index contributed by atoms with van der Waals surface area (Å²) < 4.78 is 5.34. The zero-order chi connectivity index (χ0) is 20.8. The standard InChI is InChI=1S/C25H27NO3/c1-17-14-18(2)23(24(27)19(17)3)22(21-12-8-5-9-13-21)15-26-25(28)29-16-20-10-6-4-7-11-20/h4-14,22,27H,15-16H2,1-3H3,(H,26,28)/t22-/m0/s1. The third-order valence-electron chi connectivity index (χ3n) is 5.27. The van der Waals surface area contributed by atoms with Gasteiger partial charge < -0.3 is 15.2 Å². The summed E-state index contributed by atoms with van der Waals surface area (Å²) in [7, 11) is 0. The molecule has 1 amide bonds. The van der Waals surface area contributed by atoms with E-state index >= 15 is 0 Å². The van der Waals surface area contributed by atoms with Gasteiger partial charge in [0, 0.05) is 18.0 Å². The third-order valence-corrected chi connectivity index (χ3v) is 5.27. The van der Waals surface area contributed by atoms with Crippen LogP contribution in [0, 0.1) is 20.8 Å². The molecule has 0 spiro atoms. The van der Waals surface area contributed by atoms with Crippen LogP contribution in [0.1, 0.15) is 39.3 Å². The summed E-state index contributed by atoms with van der Waals surface area (Å²) in [6, 6.07) is 21.5. The van der Waals surface area contributed by atoms with Crippen molar-refractivity contribution in [3.8, 4) is 5.75 Å². The topological polar surface area (TPSA) is 58.6 Å². The normalized spacial score (nSPS) is 11.7. The van der Waals surface area contributed by atoms with E-state index in [1.54, 1.807) is 0 Å². The van der Waals surface area contributed by atoms with Crippen molar-refractivity contribution in [1.29, 1.82) is 0 Å². The average Bonchev–Trinajstić information content (AvgIpc) is 2.74. The van der Waals surface area contributed by atoms with Gasteiger partial charge in [0.25, 0.3) is 0 Å². The largest absolute Gasteiger partial charge is 0.507 e. The van der Waals surface area contributed by atoms with Crippen molar-refractivity contribution in [2.24, 2.45) is 0 Å². The summed E-state index contributed by atoms with van der Waals surface area (Å²) in [6.07, 6.45) is -0.476.